The van der Waals surface area contributed by atoms with Crippen LogP contribution in [0.4, 0.5) is 0 Å². The van der Waals surface area contributed by atoms with Crippen LogP contribution in [0.1, 0.15) is 46.5 Å². The van der Waals surface area contributed by atoms with Crippen LogP contribution in [0.2, 0.25) is 0 Å². The summed E-state index contributed by atoms with van der Waals surface area (Å²) in [5.74, 6) is 0.458. The first kappa shape index (κ1) is 20.2. The fourth-order valence-corrected chi connectivity index (χ4v) is 2.79. The molecule has 0 bridgehead atoms. The second-order valence-corrected chi connectivity index (χ2v) is 6.98. The summed E-state index contributed by atoms with van der Waals surface area (Å²) in [5.41, 5.74) is -0.0737. The van der Waals surface area contributed by atoms with E-state index < -0.39 is 5.69 Å². The van der Waals surface area contributed by atoms with Crippen LogP contribution in [-0.2, 0) is 20.1 Å². The van der Waals surface area contributed by atoms with E-state index >= 15 is 0 Å². The number of aliphatic hydroxyl groups excluding tert-OH is 1. The third-order valence-corrected chi connectivity index (χ3v) is 4.40. The summed E-state index contributed by atoms with van der Waals surface area (Å²) in [4.78, 5) is 29.9. The number of hydrogen-bond donors (Lipinski definition) is 1. The zero-order chi connectivity index (χ0) is 19.3. The normalized spacial score (nSPS) is 11.6. The van der Waals surface area contributed by atoms with Crippen molar-refractivity contribution >= 4 is 11.2 Å². The highest BCUT2D eigenvalue weighted by Gasteiger charge is 2.21. The molecule has 0 aliphatic rings. The fourth-order valence-electron chi connectivity index (χ4n) is 2.79. The van der Waals surface area contributed by atoms with Crippen LogP contribution in [0, 0.1) is 5.92 Å². The molecule has 0 fully saturated rings. The summed E-state index contributed by atoms with van der Waals surface area (Å²) in [5, 5.41) is 9.05. The zero-order valence-corrected chi connectivity index (χ0v) is 16.2. The summed E-state index contributed by atoms with van der Waals surface area (Å²) >= 11 is 0. The number of aryl methyl sites for hydroxylation is 2. The van der Waals surface area contributed by atoms with Crippen molar-refractivity contribution in [2.24, 2.45) is 13.0 Å². The van der Waals surface area contributed by atoms with Gasteiger partial charge in [-0.15, -0.1) is 0 Å². The molecule has 0 aliphatic carbocycles. The standard InChI is InChI=1S/C18H30N4O4/c1-5-6-12-26-17-19-15-14(21(17)10-8-13(2)3)16(24)22(9-7-11-23)18(25)20(15)4/h13,23H,5-12H2,1-4H3. The second-order valence-electron chi connectivity index (χ2n) is 6.98. The van der Waals surface area contributed by atoms with Gasteiger partial charge in [-0.25, -0.2) is 4.79 Å². The molecule has 146 valence electrons. The number of hydrogen-bond acceptors (Lipinski definition) is 5. The highest BCUT2D eigenvalue weighted by molar-refractivity contribution is 5.71. The Bertz CT molecular complexity index is 847. The molecular weight excluding hydrogens is 336 g/mol. The van der Waals surface area contributed by atoms with Crippen molar-refractivity contribution in [3.05, 3.63) is 20.8 Å². The van der Waals surface area contributed by atoms with Crippen molar-refractivity contribution in [3.8, 4) is 6.01 Å². The number of aliphatic hydroxyl groups is 1. The predicted octanol–water partition coefficient (Wildman–Crippen LogP) is 1.50. The van der Waals surface area contributed by atoms with Crippen LogP contribution in [0.15, 0.2) is 9.59 Å². The Hall–Kier alpha value is -2.09. The van der Waals surface area contributed by atoms with E-state index in [2.05, 4.69) is 25.8 Å². The molecule has 0 saturated heterocycles. The Balaban J connectivity index is 2.62. The summed E-state index contributed by atoms with van der Waals surface area (Å²) in [6, 6.07) is 0.390. The van der Waals surface area contributed by atoms with E-state index in [9.17, 15) is 9.59 Å². The van der Waals surface area contributed by atoms with Gasteiger partial charge in [0.2, 0.25) is 0 Å². The van der Waals surface area contributed by atoms with Gasteiger partial charge in [-0.3, -0.25) is 18.5 Å². The molecule has 2 heterocycles. The van der Waals surface area contributed by atoms with Crippen LogP contribution >= 0.6 is 0 Å². The molecule has 0 spiro atoms. The number of fused-ring (bicyclic) bond motifs is 1. The van der Waals surface area contributed by atoms with E-state index in [-0.39, 0.29) is 18.7 Å². The van der Waals surface area contributed by atoms with Gasteiger partial charge in [0.15, 0.2) is 11.2 Å². The van der Waals surface area contributed by atoms with Crippen molar-refractivity contribution in [3.63, 3.8) is 0 Å². The first-order chi connectivity index (χ1) is 12.4. The van der Waals surface area contributed by atoms with Crippen LogP contribution in [-0.4, -0.2) is 37.0 Å². The van der Waals surface area contributed by atoms with Gasteiger partial charge in [-0.2, -0.15) is 4.98 Å². The lowest BCUT2D eigenvalue weighted by molar-refractivity contribution is 0.270. The molecule has 0 unspecified atom stereocenters. The molecule has 0 aromatic carbocycles. The Morgan fingerprint density at radius 1 is 1.15 bits per heavy atom. The molecular formula is C18H30N4O4. The Labute approximate surface area is 153 Å². The topological polar surface area (TPSA) is 91.3 Å². The van der Waals surface area contributed by atoms with Crippen molar-refractivity contribution in [2.75, 3.05) is 13.2 Å². The van der Waals surface area contributed by atoms with Gasteiger partial charge in [0.1, 0.15) is 0 Å². The zero-order valence-electron chi connectivity index (χ0n) is 16.2. The SMILES string of the molecule is CCCCOc1nc2c(c(=O)n(CCCO)c(=O)n2C)n1CCC(C)C. The van der Waals surface area contributed by atoms with Crippen LogP contribution in [0.25, 0.3) is 11.2 Å². The van der Waals surface area contributed by atoms with Gasteiger partial charge in [0.05, 0.1) is 6.61 Å². The molecule has 0 saturated carbocycles. The maximum atomic E-state index is 13.0. The Morgan fingerprint density at radius 3 is 2.50 bits per heavy atom. The monoisotopic (exact) mass is 366 g/mol. The summed E-state index contributed by atoms with van der Waals surface area (Å²) in [7, 11) is 1.61. The molecule has 2 aromatic rings. The third-order valence-electron chi connectivity index (χ3n) is 4.40. The lowest BCUT2D eigenvalue weighted by Crippen LogP contribution is -2.39. The van der Waals surface area contributed by atoms with Crippen molar-refractivity contribution in [1.82, 2.24) is 18.7 Å². The average Bonchev–Trinajstić information content (AvgIpc) is 2.97. The van der Waals surface area contributed by atoms with E-state index in [0.717, 1.165) is 19.3 Å². The molecule has 1 N–H and O–H groups in total. The molecule has 8 heteroatoms. The molecule has 8 nitrogen and oxygen atoms in total. The van der Waals surface area contributed by atoms with Crippen LogP contribution < -0.4 is 16.0 Å². The highest BCUT2D eigenvalue weighted by Crippen LogP contribution is 2.20. The largest absolute Gasteiger partial charge is 0.465 e. The molecule has 0 aliphatic heterocycles. The predicted molar refractivity (Wildman–Crippen MR) is 101 cm³/mol. The van der Waals surface area contributed by atoms with E-state index in [1.807, 2.05) is 0 Å². The second kappa shape index (κ2) is 9.02. The maximum absolute atomic E-state index is 13.0. The number of unbranched alkanes of at least 4 members (excludes halogenated alkanes) is 1. The minimum Gasteiger partial charge on any atom is -0.465 e. The molecule has 2 rings (SSSR count). The molecule has 2 aromatic heterocycles. The van der Waals surface area contributed by atoms with E-state index in [4.69, 9.17) is 9.84 Å². The molecule has 0 radical (unpaired) electrons. The van der Waals surface area contributed by atoms with Crippen molar-refractivity contribution in [2.45, 2.75) is 59.5 Å². The summed E-state index contributed by atoms with van der Waals surface area (Å²) in [6.45, 7) is 7.54. The van der Waals surface area contributed by atoms with Gasteiger partial charge in [-0.1, -0.05) is 27.2 Å². The minimum atomic E-state index is -0.426. The van der Waals surface area contributed by atoms with Crippen molar-refractivity contribution < 1.29 is 9.84 Å². The van der Waals surface area contributed by atoms with Gasteiger partial charge >= 0.3 is 5.69 Å². The lowest BCUT2D eigenvalue weighted by atomic mass is 10.1. The quantitative estimate of drug-likeness (QED) is 0.644. The molecule has 0 amide bonds. The summed E-state index contributed by atoms with van der Waals surface area (Å²) in [6.07, 6.45) is 3.11. The maximum Gasteiger partial charge on any atom is 0.332 e. The van der Waals surface area contributed by atoms with Gasteiger partial charge in [0.25, 0.3) is 11.6 Å². The minimum absolute atomic E-state index is 0.0778. The fraction of sp³-hybridized carbons (Fsp3) is 0.722. The third kappa shape index (κ3) is 4.17. The number of ether oxygens (including phenoxy) is 1. The first-order valence-electron chi connectivity index (χ1n) is 9.36. The van der Waals surface area contributed by atoms with Crippen LogP contribution in [0.3, 0.4) is 0 Å². The van der Waals surface area contributed by atoms with Crippen LogP contribution in [0.5, 0.6) is 6.01 Å². The Kier molecular flexibility index (Phi) is 7.02. The van der Waals surface area contributed by atoms with Gasteiger partial charge < -0.3 is 9.84 Å². The van der Waals surface area contributed by atoms with Gasteiger partial charge in [0, 0.05) is 26.7 Å². The van der Waals surface area contributed by atoms with E-state index in [1.165, 1.54) is 9.13 Å². The van der Waals surface area contributed by atoms with E-state index in [0.29, 0.717) is 42.7 Å². The number of nitrogens with zero attached hydrogens (tertiary/aromatic N) is 4. The molecule has 26 heavy (non-hydrogen) atoms. The average molecular weight is 366 g/mol. The number of imidazole rings is 1. The lowest BCUT2D eigenvalue weighted by Gasteiger charge is -2.12. The molecule has 0 atom stereocenters. The Morgan fingerprint density at radius 2 is 1.88 bits per heavy atom. The van der Waals surface area contributed by atoms with Gasteiger partial charge in [-0.05, 0) is 25.2 Å². The van der Waals surface area contributed by atoms with E-state index in [1.54, 1.807) is 11.6 Å². The number of rotatable bonds is 10. The van der Waals surface area contributed by atoms with Crippen molar-refractivity contribution in [1.29, 1.82) is 0 Å². The number of aromatic nitrogens is 4. The first-order valence-corrected chi connectivity index (χ1v) is 9.36. The smallest absolute Gasteiger partial charge is 0.332 e. The summed E-state index contributed by atoms with van der Waals surface area (Å²) < 4.78 is 10.2. The highest BCUT2D eigenvalue weighted by atomic mass is 16.5.